The number of H-pyrrole nitrogens is 1. The Labute approximate surface area is 96.5 Å². The predicted molar refractivity (Wildman–Crippen MR) is 60.1 cm³/mol. The second kappa shape index (κ2) is 4.78. The topological polar surface area (TPSA) is 44.9 Å². The van der Waals surface area contributed by atoms with E-state index in [1.807, 2.05) is 0 Å². The monoisotopic (exact) mass is 236 g/mol. The lowest BCUT2D eigenvalue weighted by Gasteiger charge is -2.05. The Morgan fingerprint density at radius 1 is 1.18 bits per heavy atom. The van der Waals surface area contributed by atoms with E-state index in [1.165, 1.54) is 12.3 Å². The molecule has 2 N–H and O–H groups in total. The lowest BCUT2D eigenvalue weighted by atomic mass is 10.2. The fourth-order valence-electron chi connectivity index (χ4n) is 1.48. The number of carbonyl (C=O) groups is 1. The van der Waals surface area contributed by atoms with Crippen LogP contribution >= 0.6 is 0 Å². The molecule has 1 aromatic heterocycles. The number of alkyl halides is 2. The summed E-state index contributed by atoms with van der Waals surface area (Å²) in [6.07, 6.45) is -1.35. The fourth-order valence-corrected chi connectivity index (χ4v) is 1.48. The Bertz CT molecular complexity index is 508. The molecule has 5 heteroatoms. The highest BCUT2D eigenvalue weighted by molar-refractivity contribution is 6.04. The first-order valence-corrected chi connectivity index (χ1v) is 5.00. The first-order chi connectivity index (χ1) is 8.18. The van der Waals surface area contributed by atoms with Gasteiger partial charge in [0.1, 0.15) is 5.69 Å². The number of hydrogen-bond donors (Lipinski definition) is 2. The average Bonchev–Trinajstić information content (AvgIpc) is 2.79. The van der Waals surface area contributed by atoms with Crippen LogP contribution in [-0.2, 0) is 0 Å². The highest BCUT2D eigenvalue weighted by atomic mass is 19.3. The van der Waals surface area contributed by atoms with Gasteiger partial charge in [0.25, 0.3) is 12.3 Å². The van der Waals surface area contributed by atoms with E-state index in [4.69, 9.17) is 0 Å². The molecule has 0 bridgehead atoms. The Morgan fingerprint density at radius 3 is 2.53 bits per heavy atom. The molecular formula is C12H10F2N2O. The third kappa shape index (κ3) is 2.50. The smallest absolute Gasteiger partial charge is 0.272 e. The first-order valence-electron chi connectivity index (χ1n) is 5.00. The van der Waals surface area contributed by atoms with E-state index in [1.54, 1.807) is 30.3 Å². The van der Waals surface area contributed by atoms with Crippen molar-refractivity contribution in [3.63, 3.8) is 0 Å². The van der Waals surface area contributed by atoms with Crippen LogP contribution in [0.2, 0.25) is 0 Å². The lowest BCUT2D eigenvalue weighted by molar-refractivity contribution is 0.100. The van der Waals surface area contributed by atoms with Crippen molar-refractivity contribution >= 4 is 11.6 Å². The Hall–Kier alpha value is -2.17. The summed E-state index contributed by atoms with van der Waals surface area (Å²) >= 11 is 0. The number of hydrogen-bond acceptors (Lipinski definition) is 1. The minimum Gasteiger partial charge on any atom is -0.357 e. The van der Waals surface area contributed by atoms with Crippen molar-refractivity contribution in [3.05, 3.63) is 53.9 Å². The van der Waals surface area contributed by atoms with E-state index in [9.17, 15) is 13.6 Å². The summed E-state index contributed by atoms with van der Waals surface area (Å²) in [4.78, 5) is 14.2. The molecule has 0 aliphatic rings. The van der Waals surface area contributed by atoms with Gasteiger partial charge in [0.15, 0.2) is 0 Å². The molecule has 0 spiro atoms. The third-order valence-electron chi connectivity index (χ3n) is 2.27. The van der Waals surface area contributed by atoms with Crippen molar-refractivity contribution in [2.24, 2.45) is 0 Å². The molecule has 2 rings (SSSR count). The largest absolute Gasteiger partial charge is 0.357 e. The number of amides is 1. The first kappa shape index (κ1) is 11.3. The van der Waals surface area contributed by atoms with Gasteiger partial charge in [0.2, 0.25) is 0 Å². The molecule has 0 atom stereocenters. The van der Waals surface area contributed by atoms with Crippen LogP contribution in [-0.4, -0.2) is 10.9 Å². The number of benzene rings is 1. The van der Waals surface area contributed by atoms with Gasteiger partial charge in [0.05, 0.1) is 0 Å². The van der Waals surface area contributed by atoms with Crippen molar-refractivity contribution < 1.29 is 13.6 Å². The van der Waals surface area contributed by atoms with Crippen LogP contribution in [0.1, 0.15) is 22.5 Å². The summed E-state index contributed by atoms with van der Waals surface area (Å²) in [5.41, 5.74) is 0.162. The van der Waals surface area contributed by atoms with Gasteiger partial charge < -0.3 is 10.3 Å². The molecule has 1 amide bonds. The second-order valence-corrected chi connectivity index (χ2v) is 3.43. The number of aromatic amines is 1. The lowest BCUT2D eigenvalue weighted by Crippen LogP contribution is -2.14. The summed E-state index contributed by atoms with van der Waals surface area (Å²) in [6.45, 7) is 0. The van der Waals surface area contributed by atoms with Gasteiger partial charge in [-0.25, -0.2) is 8.78 Å². The molecule has 0 aliphatic carbocycles. The molecule has 0 radical (unpaired) electrons. The Morgan fingerprint density at radius 2 is 1.88 bits per heavy atom. The minimum atomic E-state index is -2.67. The van der Waals surface area contributed by atoms with Crippen molar-refractivity contribution in [2.75, 3.05) is 5.32 Å². The van der Waals surface area contributed by atoms with E-state index in [-0.39, 0.29) is 11.3 Å². The van der Waals surface area contributed by atoms with Crippen LogP contribution in [0.3, 0.4) is 0 Å². The number of halogens is 2. The molecule has 17 heavy (non-hydrogen) atoms. The molecule has 0 saturated heterocycles. The standard InChI is InChI=1S/C12H10F2N2O/c13-11(14)9-6-7-15-10(9)12(17)16-8-4-2-1-3-5-8/h1-7,11,15H,(H,16,17). The number of carbonyl (C=O) groups excluding carboxylic acids is 1. The van der Waals surface area contributed by atoms with Gasteiger partial charge in [-0.05, 0) is 18.2 Å². The molecule has 2 aromatic rings. The summed E-state index contributed by atoms with van der Waals surface area (Å²) in [7, 11) is 0. The fraction of sp³-hybridized carbons (Fsp3) is 0.0833. The van der Waals surface area contributed by atoms with Crippen LogP contribution in [0.5, 0.6) is 0 Å². The van der Waals surface area contributed by atoms with Crippen LogP contribution < -0.4 is 5.32 Å². The van der Waals surface area contributed by atoms with Gasteiger partial charge >= 0.3 is 0 Å². The molecule has 0 saturated carbocycles. The highest BCUT2D eigenvalue weighted by Crippen LogP contribution is 2.22. The Balaban J connectivity index is 2.18. The molecule has 0 unspecified atom stereocenters. The van der Waals surface area contributed by atoms with Crippen molar-refractivity contribution in [2.45, 2.75) is 6.43 Å². The number of rotatable bonds is 3. The minimum absolute atomic E-state index is 0.108. The van der Waals surface area contributed by atoms with Gasteiger partial charge in [0, 0.05) is 17.4 Å². The zero-order chi connectivity index (χ0) is 12.3. The van der Waals surface area contributed by atoms with Crippen LogP contribution in [0.25, 0.3) is 0 Å². The predicted octanol–water partition coefficient (Wildman–Crippen LogP) is 3.20. The molecule has 1 aromatic carbocycles. The van der Waals surface area contributed by atoms with Gasteiger partial charge in [-0.1, -0.05) is 18.2 Å². The number of anilines is 1. The van der Waals surface area contributed by atoms with E-state index < -0.39 is 12.3 Å². The zero-order valence-electron chi connectivity index (χ0n) is 8.78. The molecule has 0 fully saturated rings. The van der Waals surface area contributed by atoms with E-state index >= 15 is 0 Å². The third-order valence-corrected chi connectivity index (χ3v) is 2.27. The average molecular weight is 236 g/mol. The van der Waals surface area contributed by atoms with Gasteiger partial charge in [-0.15, -0.1) is 0 Å². The maximum Gasteiger partial charge on any atom is 0.272 e. The SMILES string of the molecule is O=C(Nc1ccccc1)c1[nH]ccc1C(F)F. The molecule has 0 aliphatic heterocycles. The van der Waals surface area contributed by atoms with Gasteiger partial charge in [-0.2, -0.15) is 0 Å². The number of nitrogens with one attached hydrogen (secondary N) is 2. The molecule has 1 heterocycles. The molecular weight excluding hydrogens is 226 g/mol. The molecule has 88 valence electrons. The quantitative estimate of drug-likeness (QED) is 0.844. The summed E-state index contributed by atoms with van der Waals surface area (Å²) < 4.78 is 25.1. The van der Waals surface area contributed by atoms with E-state index in [0.717, 1.165) is 0 Å². The summed E-state index contributed by atoms with van der Waals surface area (Å²) in [6, 6.07) is 9.86. The zero-order valence-corrected chi connectivity index (χ0v) is 8.78. The molecule has 3 nitrogen and oxygen atoms in total. The Kier molecular flexibility index (Phi) is 3.18. The van der Waals surface area contributed by atoms with E-state index in [2.05, 4.69) is 10.3 Å². The van der Waals surface area contributed by atoms with Crippen molar-refractivity contribution in [1.82, 2.24) is 4.98 Å². The summed E-state index contributed by atoms with van der Waals surface area (Å²) in [5.74, 6) is -0.573. The van der Waals surface area contributed by atoms with Crippen LogP contribution in [0.15, 0.2) is 42.6 Å². The van der Waals surface area contributed by atoms with Gasteiger partial charge in [-0.3, -0.25) is 4.79 Å². The van der Waals surface area contributed by atoms with Crippen molar-refractivity contribution in [1.29, 1.82) is 0 Å². The van der Waals surface area contributed by atoms with E-state index in [0.29, 0.717) is 5.69 Å². The highest BCUT2D eigenvalue weighted by Gasteiger charge is 2.19. The second-order valence-electron chi connectivity index (χ2n) is 3.43. The number of aromatic nitrogens is 1. The van der Waals surface area contributed by atoms with Crippen molar-refractivity contribution in [3.8, 4) is 0 Å². The summed E-state index contributed by atoms with van der Waals surface area (Å²) in [5, 5.41) is 2.54. The van der Waals surface area contributed by atoms with Crippen LogP contribution in [0.4, 0.5) is 14.5 Å². The van der Waals surface area contributed by atoms with Crippen LogP contribution in [0, 0.1) is 0 Å². The number of para-hydroxylation sites is 1. The maximum absolute atomic E-state index is 12.6. The maximum atomic E-state index is 12.6. The normalized spacial score (nSPS) is 10.5.